The Morgan fingerprint density at radius 1 is 0.843 bits per heavy atom. The number of fused-ring (bicyclic) bond motifs is 2. The summed E-state index contributed by atoms with van der Waals surface area (Å²) in [7, 11) is -4.66. The number of halogens is 1. The van der Waals surface area contributed by atoms with Crippen molar-refractivity contribution in [1.29, 1.82) is 0 Å². The van der Waals surface area contributed by atoms with Crippen LogP contribution in [0.4, 0.5) is 22.7 Å². The summed E-state index contributed by atoms with van der Waals surface area (Å²) in [6, 6.07) is 24.1. The number of aromatic nitrogens is 2. The summed E-state index contributed by atoms with van der Waals surface area (Å²) in [6.07, 6.45) is 11.2. The molecule has 6 amide bonds. The molecule has 466 valence electrons. The zero-order chi connectivity index (χ0) is 62.6. The van der Waals surface area contributed by atoms with Crippen molar-refractivity contribution >= 4 is 96.4 Å². The highest BCUT2D eigenvalue weighted by molar-refractivity contribution is 7.90. The molecular formula is C65H72ClN11O11S. The Balaban J connectivity index is 0.655. The fourth-order valence-corrected chi connectivity index (χ4v) is 13.7. The molecule has 11 rings (SSSR count). The minimum Gasteiger partial charge on any atom is -0.455 e. The van der Waals surface area contributed by atoms with Gasteiger partial charge in [0.25, 0.3) is 33.4 Å². The van der Waals surface area contributed by atoms with Gasteiger partial charge < -0.3 is 30.2 Å². The molecule has 24 heteroatoms. The van der Waals surface area contributed by atoms with Crippen LogP contribution in [0.5, 0.6) is 11.5 Å². The first-order valence-electron chi connectivity index (χ1n) is 30.4. The summed E-state index contributed by atoms with van der Waals surface area (Å²) in [5.41, 5.74) is 6.11. The standard InChI is InChI=1S/C65H72ClN11O11S/c1-65(2)25-21-44(51(37-65)42-11-13-45(66)14-12-42)40-73-30-32-74(33-31-73)46-15-17-49(56(35-46)88-47-34-43-22-27-68-60(43)70-39-47)61(80)72-89(86,87)48-16-18-52(55(36-48)77(84)85)69-38-41-23-28-75(29-24-41)58(79)10-5-3-4-6-26-67-53-9-7-8-50-59(53)64(83)76(63(50)82)54-19-20-57(78)71-62(54)81/h7-9,11-18,22,27,34-36,39,41,54,67,69H,3-6,10,19-21,23-26,28-33,37-38,40H2,1-2H3,(H,68,70)(H,72,80)(H,71,78,81). The van der Waals surface area contributed by atoms with Crippen LogP contribution < -0.4 is 30.3 Å². The van der Waals surface area contributed by atoms with Crippen molar-refractivity contribution < 1.29 is 46.8 Å². The normalized spacial score (nSPS) is 18.3. The van der Waals surface area contributed by atoms with Crippen LogP contribution in [0, 0.1) is 21.4 Å². The number of imide groups is 2. The van der Waals surface area contributed by atoms with Crippen LogP contribution in [0.2, 0.25) is 5.02 Å². The van der Waals surface area contributed by atoms with Crippen molar-refractivity contribution in [2.75, 3.05) is 74.4 Å². The minimum atomic E-state index is -4.66. The van der Waals surface area contributed by atoms with Crippen LogP contribution in [0.25, 0.3) is 16.6 Å². The number of unbranched alkanes of at least 4 members (excludes halogenated alkanes) is 3. The molecular weight excluding hydrogens is 1180 g/mol. The number of carbonyl (C=O) groups excluding carboxylic acids is 6. The molecule has 1 aliphatic carbocycles. The lowest BCUT2D eigenvalue weighted by Gasteiger charge is -2.39. The van der Waals surface area contributed by atoms with E-state index in [2.05, 4.69) is 66.4 Å². The third kappa shape index (κ3) is 14.3. The van der Waals surface area contributed by atoms with Gasteiger partial charge in [0.05, 0.1) is 32.7 Å². The Hall–Kier alpha value is -8.67. The van der Waals surface area contributed by atoms with E-state index < -0.39 is 61.1 Å². The fraction of sp³-hybridized carbons (Fsp3) is 0.400. The number of nitrogens with one attached hydrogen (secondary N) is 5. The number of nitrogens with zero attached hydrogens (tertiary/aromatic N) is 6. The van der Waals surface area contributed by atoms with Crippen LogP contribution in [0.3, 0.4) is 0 Å². The van der Waals surface area contributed by atoms with Gasteiger partial charge in [0.15, 0.2) is 0 Å². The Morgan fingerprint density at radius 2 is 1.62 bits per heavy atom. The molecule has 22 nitrogen and oxygen atoms in total. The van der Waals surface area contributed by atoms with Gasteiger partial charge in [-0.1, -0.05) is 62.1 Å². The molecule has 5 N–H and O–H groups in total. The monoisotopic (exact) mass is 1250 g/mol. The van der Waals surface area contributed by atoms with E-state index in [1.807, 2.05) is 23.1 Å². The lowest BCUT2D eigenvalue weighted by atomic mass is 9.72. The highest BCUT2D eigenvalue weighted by Gasteiger charge is 2.46. The lowest BCUT2D eigenvalue weighted by Crippen LogP contribution is -2.54. The van der Waals surface area contributed by atoms with E-state index in [9.17, 15) is 47.3 Å². The van der Waals surface area contributed by atoms with E-state index in [0.29, 0.717) is 87.1 Å². The van der Waals surface area contributed by atoms with E-state index >= 15 is 0 Å². The summed E-state index contributed by atoms with van der Waals surface area (Å²) in [4.78, 5) is 104. The van der Waals surface area contributed by atoms with E-state index in [4.69, 9.17) is 16.3 Å². The summed E-state index contributed by atoms with van der Waals surface area (Å²) < 4.78 is 36.4. The number of nitro groups is 1. The number of piperazine rings is 1. The minimum absolute atomic E-state index is 0.0369. The van der Waals surface area contributed by atoms with Gasteiger partial charge in [-0.25, -0.2) is 18.1 Å². The summed E-state index contributed by atoms with van der Waals surface area (Å²) in [5, 5.41) is 22.5. The molecule has 4 aliphatic heterocycles. The van der Waals surface area contributed by atoms with Gasteiger partial charge in [-0.2, -0.15) is 0 Å². The first-order chi connectivity index (χ1) is 42.8. The second-order valence-corrected chi connectivity index (χ2v) is 26.5. The van der Waals surface area contributed by atoms with E-state index in [-0.39, 0.29) is 58.2 Å². The number of nitro benzene ring substituents is 1. The Bertz CT molecular complexity index is 3890. The molecule has 0 saturated carbocycles. The molecule has 0 radical (unpaired) electrons. The van der Waals surface area contributed by atoms with Crippen LogP contribution in [-0.2, 0) is 24.4 Å². The molecule has 2 aromatic heterocycles. The second-order valence-electron chi connectivity index (χ2n) is 24.4. The maximum atomic E-state index is 14.2. The maximum Gasteiger partial charge on any atom is 0.293 e. The summed E-state index contributed by atoms with van der Waals surface area (Å²) >= 11 is 6.27. The number of ether oxygens (including phenoxy) is 1. The topological polar surface area (TPSA) is 279 Å². The molecule has 1 atom stereocenters. The number of anilines is 3. The largest absolute Gasteiger partial charge is 0.455 e. The number of likely N-dealkylation sites (tertiary alicyclic amines) is 1. The van der Waals surface area contributed by atoms with Gasteiger partial charge in [0.1, 0.15) is 28.9 Å². The van der Waals surface area contributed by atoms with Gasteiger partial charge in [-0.15, -0.1) is 0 Å². The average Bonchev–Trinajstić information content (AvgIpc) is 1.64. The number of sulfonamides is 1. The first-order valence-corrected chi connectivity index (χ1v) is 32.3. The van der Waals surface area contributed by atoms with Crippen LogP contribution >= 0.6 is 11.6 Å². The summed E-state index contributed by atoms with van der Waals surface area (Å²) in [5.74, 6) is -2.70. The van der Waals surface area contributed by atoms with Gasteiger partial charge in [0, 0.05) is 112 Å². The predicted molar refractivity (Wildman–Crippen MR) is 337 cm³/mol. The molecule has 6 heterocycles. The highest BCUT2D eigenvalue weighted by Crippen LogP contribution is 2.44. The van der Waals surface area contributed by atoms with Gasteiger partial charge in [-0.3, -0.25) is 54.0 Å². The first kappa shape index (κ1) is 62.0. The molecule has 4 aromatic carbocycles. The van der Waals surface area contributed by atoms with Crippen molar-refractivity contribution in [3.8, 4) is 11.5 Å². The van der Waals surface area contributed by atoms with Gasteiger partial charge in [-0.05, 0) is 134 Å². The number of allylic oxidation sites excluding steroid dienone is 1. The lowest BCUT2D eigenvalue weighted by molar-refractivity contribution is -0.384. The molecule has 1 unspecified atom stereocenters. The molecule has 6 aromatic rings. The number of aromatic amines is 1. The van der Waals surface area contributed by atoms with Crippen molar-refractivity contribution in [3.05, 3.63) is 146 Å². The molecule has 5 aliphatic rings. The Labute approximate surface area is 520 Å². The van der Waals surface area contributed by atoms with E-state index in [1.54, 1.807) is 42.6 Å². The number of hydrogen-bond acceptors (Lipinski definition) is 16. The highest BCUT2D eigenvalue weighted by atomic mass is 35.5. The third-order valence-corrected chi connectivity index (χ3v) is 19.3. The molecule has 3 saturated heterocycles. The van der Waals surface area contributed by atoms with Gasteiger partial charge >= 0.3 is 0 Å². The van der Waals surface area contributed by atoms with Crippen LogP contribution in [0.1, 0.15) is 128 Å². The number of benzene rings is 4. The third-order valence-electron chi connectivity index (χ3n) is 17.7. The smallest absolute Gasteiger partial charge is 0.293 e. The number of piperidine rings is 2. The number of pyridine rings is 1. The SMILES string of the molecule is CC1(C)CCC(CN2CCN(c3ccc(C(=O)NS(=O)(=O)c4ccc(NCC5CCN(C(=O)CCCCCCNc6cccc7c6C(=O)N(C6CCC(=O)NC6=O)C7=O)CC5)c([N+](=O)[O-])c4)c(Oc4cnc5[nH]ccc5c4)c3)CC2)=C(c2ccc(Cl)cc2)C1. The Morgan fingerprint density at radius 3 is 2.38 bits per heavy atom. The zero-order valence-corrected chi connectivity index (χ0v) is 51.4. The Kier molecular flexibility index (Phi) is 18.5. The van der Waals surface area contributed by atoms with Crippen LogP contribution in [-0.4, -0.2) is 138 Å². The average molecular weight is 1250 g/mol. The predicted octanol–water partition coefficient (Wildman–Crippen LogP) is 9.94. The van der Waals surface area contributed by atoms with Crippen molar-refractivity contribution in [2.24, 2.45) is 11.3 Å². The number of amides is 6. The molecule has 0 spiro atoms. The fourth-order valence-electron chi connectivity index (χ4n) is 12.6. The number of hydrogen-bond donors (Lipinski definition) is 5. The van der Waals surface area contributed by atoms with Crippen LogP contribution in [0.15, 0.2) is 114 Å². The summed E-state index contributed by atoms with van der Waals surface area (Å²) in [6.45, 7) is 10.4. The number of carbonyl (C=O) groups is 6. The zero-order valence-electron chi connectivity index (χ0n) is 49.8. The maximum absolute atomic E-state index is 14.2. The van der Waals surface area contributed by atoms with Gasteiger partial charge in [0.2, 0.25) is 17.7 Å². The number of H-pyrrole nitrogens is 1. The quantitative estimate of drug-likeness (QED) is 0.0183. The molecule has 3 fully saturated rings. The second kappa shape index (κ2) is 26.6. The van der Waals surface area contributed by atoms with Crippen molar-refractivity contribution in [3.63, 3.8) is 0 Å². The molecule has 0 bridgehead atoms. The van der Waals surface area contributed by atoms with Crippen molar-refractivity contribution in [1.82, 2.24) is 34.7 Å². The van der Waals surface area contributed by atoms with E-state index in [1.165, 1.54) is 41.1 Å². The molecule has 89 heavy (non-hydrogen) atoms. The van der Waals surface area contributed by atoms with E-state index in [0.717, 1.165) is 80.2 Å². The number of rotatable bonds is 22. The van der Waals surface area contributed by atoms with Crippen molar-refractivity contribution in [2.45, 2.75) is 102 Å².